The number of aryl methyl sites for hydroxylation is 1. The van der Waals surface area contributed by atoms with Crippen LogP contribution in [-0.4, -0.2) is 26.1 Å². The number of benzene rings is 1. The maximum atomic E-state index is 14.6. The van der Waals surface area contributed by atoms with Crippen molar-refractivity contribution in [3.05, 3.63) is 105 Å². The van der Waals surface area contributed by atoms with E-state index in [4.69, 9.17) is 0 Å². The molecule has 0 bridgehead atoms. The zero-order valence-corrected chi connectivity index (χ0v) is 22.7. The van der Waals surface area contributed by atoms with Gasteiger partial charge >= 0.3 is 12.5 Å². The molecule has 1 aliphatic carbocycles. The first-order valence-electron chi connectivity index (χ1n) is 13.4. The normalized spacial score (nSPS) is 17.6. The van der Waals surface area contributed by atoms with Crippen LogP contribution in [0.3, 0.4) is 0 Å². The van der Waals surface area contributed by atoms with Gasteiger partial charge in [-0.2, -0.15) is 18.3 Å². The summed E-state index contributed by atoms with van der Waals surface area (Å²) in [7, 11) is 0. The SMILES string of the molecule is Cc1cccc(F)c1C1CCC(c2cc(-c3ccc(OC(F)(F)F)nc3)nn(Cc3ncccc3C(F)(F)F)c2=O)CC1. The molecular formula is C30H25F7N4O2. The Labute approximate surface area is 241 Å². The van der Waals surface area contributed by atoms with Crippen molar-refractivity contribution in [1.82, 2.24) is 19.7 Å². The molecule has 0 unspecified atom stereocenters. The number of alkyl halides is 6. The van der Waals surface area contributed by atoms with E-state index in [0.717, 1.165) is 34.6 Å². The van der Waals surface area contributed by atoms with E-state index in [0.29, 0.717) is 31.2 Å². The van der Waals surface area contributed by atoms with Crippen LogP contribution in [0.4, 0.5) is 30.7 Å². The van der Waals surface area contributed by atoms with E-state index in [1.54, 1.807) is 6.07 Å². The van der Waals surface area contributed by atoms with Crippen molar-refractivity contribution in [3.63, 3.8) is 0 Å². The molecule has 0 atom stereocenters. The lowest BCUT2D eigenvalue weighted by molar-refractivity contribution is -0.276. The summed E-state index contributed by atoms with van der Waals surface area (Å²) in [6, 6.07) is 10.6. The van der Waals surface area contributed by atoms with Gasteiger partial charge in [-0.05, 0) is 85.9 Å². The zero-order valence-electron chi connectivity index (χ0n) is 22.7. The van der Waals surface area contributed by atoms with Gasteiger partial charge in [-0.3, -0.25) is 9.78 Å². The van der Waals surface area contributed by atoms with Crippen LogP contribution < -0.4 is 10.3 Å². The van der Waals surface area contributed by atoms with Crippen molar-refractivity contribution in [1.29, 1.82) is 0 Å². The molecule has 0 aliphatic heterocycles. The van der Waals surface area contributed by atoms with Crippen molar-refractivity contribution >= 4 is 0 Å². The number of hydrogen-bond acceptors (Lipinski definition) is 5. The number of rotatable bonds is 6. The molecule has 4 aromatic rings. The summed E-state index contributed by atoms with van der Waals surface area (Å²) in [5, 5.41) is 4.25. The quantitative estimate of drug-likeness (QED) is 0.212. The van der Waals surface area contributed by atoms with Gasteiger partial charge in [0, 0.05) is 29.6 Å². The number of pyridine rings is 2. The molecule has 0 amide bonds. The summed E-state index contributed by atoms with van der Waals surface area (Å²) in [5.74, 6) is -1.38. The molecule has 3 aromatic heterocycles. The Balaban J connectivity index is 1.52. The van der Waals surface area contributed by atoms with Gasteiger partial charge in [-0.1, -0.05) is 12.1 Å². The van der Waals surface area contributed by atoms with Gasteiger partial charge in [-0.25, -0.2) is 14.1 Å². The predicted molar refractivity (Wildman–Crippen MR) is 142 cm³/mol. The summed E-state index contributed by atoms with van der Waals surface area (Å²) in [5.41, 5.74) is 0.0423. The average Bonchev–Trinajstić information content (AvgIpc) is 2.94. The molecule has 6 nitrogen and oxygen atoms in total. The zero-order chi connectivity index (χ0) is 30.9. The highest BCUT2D eigenvalue weighted by Crippen LogP contribution is 2.42. The summed E-state index contributed by atoms with van der Waals surface area (Å²) in [6.45, 7) is 1.24. The Morgan fingerprint density at radius 3 is 2.28 bits per heavy atom. The highest BCUT2D eigenvalue weighted by atomic mass is 19.4. The third kappa shape index (κ3) is 6.86. The smallest absolute Gasteiger partial charge is 0.388 e. The number of ether oxygens (including phenoxy) is 1. The van der Waals surface area contributed by atoms with Crippen molar-refractivity contribution in [2.45, 2.75) is 63.5 Å². The minimum Gasteiger partial charge on any atom is -0.388 e. The maximum absolute atomic E-state index is 14.6. The van der Waals surface area contributed by atoms with Crippen LogP contribution in [0, 0.1) is 12.7 Å². The van der Waals surface area contributed by atoms with Gasteiger partial charge in [-0.15, -0.1) is 13.2 Å². The molecule has 0 radical (unpaired) electrons. The highest BCUT2D eigenvalue weighted by molar-refractivity contribution is 5.58. The Hall–Kier alpha value is -4.29. The van der Waals surface area contributed by atoms with Gasteiger partial charge in [0.2, 0.25) is 5.88 Å². The number of hydrogen-bond donors (Lipinski definition) is 0. The molecule has 1 aromatic carbocycles. The number of halogens is 7. The van der Waals surface area contributed by atoms with Gasteiger partial charge in [0.05, 0.1) is 23.5 Å². The fourth-order valence-corrected chi connectivity index (χ4v) is 5.63. The number of aromatic nitrogens is 4. The van der Waals surface area contributed by atoms with Crippen LogP contribution in [0.25, 0.3) is 11.3 Å². The second-order valence-corrected chi connectivity index (χ2v) is 10.4. The van der Waals surface area contributed by atoms with Gasteiger partial charge in [0.25, 0.3) is 5.56 Å². The fourth-order valence-electron chi connectivity index (χ4n) is 5.63. The molecule has 1 aliphatic rings. The molecule has 5 rings (SSSR count). The first kappa shape index (κ1) is 30.2. The molecule has 13 heteroatoms. The standard InChI is InChI=1S/C30H25F7N4O2/c1-17-4-2-6-23(31)27(17)19-9-7-18(8-10-19)21-14-24(20-11-12-26(39-15-20)43-30(35,36)37)40-41(28(21)42)16-25-22(29(32,33)34)5-3-13-38-25/h2-6,11-15,18-19H,7-10,16H2,1H3. The van der Waals surface area contributed by atoms with E-state index in [9.17, 15) is 35.5 Å². The van der Waals surface area contributed by atoms with E-state index < -0.39 is 41.8 Å². The second-order valence-electron chi connectivity index (χ2n) is 10.4. The van der Waals surface area contributed by atoms with Crippen LogP contribution in [-0.2, 0) is 12.7 Å². The lowest BCUT2D eigenvalue weighted by Crippen LogP contribution is -2.31. The second kappa shape index (κ2) is 11.8. The van der Waals surface area contributed by atoms with Crippen molar-refractivity contribution in [3.8, 4) is 17.1 Å². The fraction of sp³-hybridized carbons (Fsp3) is 0.333. The molecular weight excluding hydrogens is 581 g/mol. The van der Waals surface area contributed by atoms with Crippen molar-refractivity contribution in [2.75, 3.05) is 0 Å². The molecule has 1 saturated carbocycles. The minimum atomic E-state index is -4.95. The Kier molecular flexibility index (Phi) is 8.26. The largest absolute Gasteiger partial charge is 0.574 e. The Morgan fingerprint density at radius 2 is 1.65 bits per heavy atom. The summed E-state index contributed by atoms with van der Waals surface area (Å²) < 4.78 is 98.2. The molecule has 226 valence electrons. The predicted octanol–water partition coefficient (Wildman–Crippen LogP) is 7.55. The first-order chi connectivity index (χ1) is 20.3. The summed E-state index contributed by atoms with van der Waals surface area (Å²) >= 11 is 0. The minimum absolute atomic E-state index is 0.0609. The van der Waals surface area contributed by atoms with Gasteiger partial charge < -0.3 is 4.74 Å². The molecule has 0 spiro atoms. The Morgan fingerprint density at radius 1 is 0.930 bits per heavy atom. The van der Waals surface area contributed by atoms with Gasteiger partial charge in [0.1, 0.15) is 5.82 Å². The van der Waals surface area contributed by atoms with E-state index in [1.165, 1.54) is 24.4 Å². The third-order valence-electron chi connectivity index (χ3n) is 7.60. The lowest BCUT2D eigenvalue weighted by Gasteiger charge is -2.30. The van der Waals surface area contributed by atoms with Crippen LogP contribution >= 0.6 is 0 Å². The topological polar surface area (TPSA) is 69.9 Å². The first-order valence-corrected chi connectivity index (χ1v) is 13.4. The van der Waals surface area contributed by atoms with Gasteiger partial charge in [0.15, 0.2) is 0 Å². The van der Waals surface area contributed by atoms with Crippen molar-refractivity contribution < 1.29 is 35.5 Å². The maximum Gasteiger partial charge on any atom is 0.574 e. The van der Waals surface area contributed by atoms with E-state index in [2.05, 4.69) is 19.8 Å². The Bertz CT molecular complexity index is 1640. The average molecular weight is 607 g/mol. The molecule has 0 saturated heterocycles. The van der Waals surface area contributed by atoms with Crippen molar-refractivity contribution in [2.24, 2.45) is 0 Å². The van der Waals surface area contributed by atoms with Crippen LogP contribution in [0.1, 0.15) is 65.5 Å². The summed E-state index contributed by atoms with van der Waals surface area (Å²) in [4.78, 5) is 21.2. The highest BCUT2D eigenvalue weighted by Gasteiger charge is 2.35. The van der Waals surface area contributed by atoms with E-state index in [-0.39, 0.29) is 34.5 Å². The van der Waals surface area contributed by atoms with Crippen LogP contribution in [0.5, 0.6) is 5.88 Å². The lowest BCUT2D eigenvalue weighted by atomic mass is 9.75. The monoisotopic (exact) mass is 606 g/mol. The van der Waals surface area contributed by atoms with E-state index >= 15 is 0 Å². The molecule has 3 heterocycles. The third-order valence-corrected chi connectivity index (χ3v) is 7.60. The molecule has 0 N–H and O–H groups in total. The molecule has 1 fully saturated rings. The van der Waals surface area contributed by atoms with E-state index in [1.807, 2.05) is 13.0 Å². The molecule has 43 heavy (non-hydrogen) atoms. The van der Waals surface area contributed by atoms with Crippen LogP contribution in [0.2, 0.25) is 0 Å². The van der Waals surface area contributed by atoms with Crippen LogP contribution in [0.15, 0.2) is 65.7 Å². The number of nitrogens with zero attached hydrogens (tertiary/aromatic N) is 4. The summed E-state index contributed by atoms with van der Waals surface area (Å²) in [6.07, 6.45) is -5.27.